The Balaban J connectivity index is 1.61. The van der Waals surface area contributed by atoms with Crippen molar-refractivity contribution in [2.24, 2.45) is 0 Å². The molecule has 0 spiro atoms. The second kappa shape index (κ2) is 9.24. The molecule has 6 aromatic rings. The third kappa shape index (κ3) is 4.25. The van der Waals surface area contributed by atoms with Gasteiger partial charge in [0.05, 0.1) is 0 Å². The molecule has 0 fully saturated rings. The third-order valence-corrected chi connectivity index (χ3v) is 6.44. The summed E-state index contributed by atoms with van der Waals surface area (Å²) < 4.78 is 1.03. The number of hydrogen-bond acceptors (Lipinski definition) is 3. The summed E-state index contributed by atoms with van der Waals surface area (Å²) >= 11 is 3.70. The molecule has 0 amide bonds. The normalized spacial score (nSPS) is 11.0. The number of nitrogens with zero attached hydrogens (tertiary/aromatic N) is 3. The highest BCUT2D eigenvalue weighted by Crippen LogP contribution is 2.37. The van der Waals surface area contributed by atoms with Gasteiger partial charge in [0.1, 0.15) is 0 Å². The molecule has 1 aromatic heterocycles. The molecule has 0 saturated carbocycles. The fraction of sp³-hybridized carbons (Fsp3) is 0. The summed E-state index contributed by atoms with van der Waals surface area (Å²) in [5, 5.41) is 2.36. The molecule has 4 heteroatoms. The number of halogens is 1. The average Bonchev–Trinajstić information content (AvgIpc) is 2.93. The zero-order valence-corrected chi connectivity index (χ0v) is 20.4. The van der Waals surface area contributed by atoms with E-state index in [1.165, 1.54) is 10.8 Å². The molecule has 0 aliphatic rings. The second-order valence-corrected chi connectivity index (χ2v) is 9.17. The fourth-order valence-corrected chi connectivity index (χ4v) is 4.81. The number of aromatic nitrogens is 3. The van der Waals surface area contributed by atoms with Crippen LogP contribution in [0.2, 0.25) is 0 Å². The van der Waals surface area contributed by atoms with Gasteiger partial charge in [-0.15, -0.1) is 0 Å². The molecule has 0 aliphatic carbocycles. The largest absolute Gasteiger partial charge is 0.208 e. The van der Waals surface area contributed by atoms with Gasteiger partial charge in [-0.25, -0.2) is 15.0 Å². The van der Waals surface area contributed by atoms with E-state index >= 15 is 0 Å². The number of benzene rings is 5. The molecular formula is C31H20BrN3. The van der Waals surface area contributed by atoms with Gasteiger partial charge in [-0.3, -0.25) is 0 Å². The van der Waals surface area contributed by atoms with Gasteiger partial charge in [0.2, 0.25) is 0 Å². The van der Waals surface area contributed by atoms with Crippen molar-refractivity contribution >= 4 is 26.7 Å². The summed E-state index contributed by atoms with van der Waals surface area (Å²) in [6, 6.07) is 41.2. The van der Waals surface area contributed by atoms with Crippen LogP contribution in [0, 0.1) is 0 Å². The monoisotopic (exact) mass is 513 g/mol. The first-order valence-electron chi connectivity index (χ1n) is 11.4. The van der Waals surface area contributed by atoms with Crippen molar-refractivity contribution in [1.82, 2.24) is 15.0 Å². The van der Waals surface area contributed by atoms with E-state index in [9.17, 15) is 0 Å². The maximum Gasteiger partial charge on any atom is 0.164 e. The van der Waals surface area contributed by atoms with Crippen molar-refractivity contribution in [2.45, 2.75) is 0 Å². The molecule has 35 heavy (non-hydrogen) atoms. The molecule has 6 rings (SSSR count). The van der Waals surface area contributed by atoms with Gasteiger partial charge >= 0.3 is 0 Å². The van der Waals surface area contributed by atoms with E-state index in [4.69, 9.17) is 15.0 Å². The second-order valence-electron chi connectivity index (χ2n) is 8.26. The summed E-state index contributed by atoms with van der Waals surface area (Å²) in [7, 11) is 0. The molecule has 0 radical (unpaired) electrons. The molecule has 0 N–H and O–H groups in total. The van der Waals surface area contributed by atoms with Gasteiger partial charge in [0.25, 0.3) is 0 Å². The Bertz CT molecular complexity index is 1590. The van der Waals surface area contributed by atoms with Gasteiger partial charge in [-0.05, 0) is 34.0 Å². The van der Waals surface area contributed by atoms with Gasteiger partial charge in [-0.1, -0.05) is 125 Å². The van der Waals surface area contributed by atoms with Crippen molar-refractivity contribution in [3.8, 4) is 45.3 Å². The lowest BCUT2D eigenvalue weighted by Gasteiger charge is -2.14. The van der Waals surface area contributed by atoms with Crippen LogP contribution in [0.25, 0.3) is 56.1 Å². The molecule has 0 bridgehead atoms. The average molecular weight is 514 g/mol. The van der Waals surface area contributed by atoms with E-state index in [-0.39, 0.29) is 0 Å². The van der Waals surface area contributed by atoms with E-state index in [1.54, 1.807) is 0 Å². The highest BCUT2D eigenvalue weighted by Gasteiger charge is 2.16. The van der Waals surface area contributed by atoms with Crippen molar-refractivity contribution < 1.29 is 0 Å². The van der Waals surface area contributed by atoms with Crippen LogP contribution in [0.15, 0.2) is 126 Å². The Morgan fingerprint density at radius 1 is 0.429 bits per heavy atom. The van der Waals surface area contributed by atoms with E-state index in [2.05, 4.69) is 70.5 Å². The minimum absolute atomic E-state index is 0.650. The Morgan fingerprint density at radius 2 is 0.943 bits per heavy atom. The number of fused-ring (bicyclic) bond motifs is 1. The van der Waals surface area contributed by atoms with Crippen LogP contribution in [0.1, 0.15) is 0 Å². The smallest absolute Gasteiger partial charge is 0.164 e. The Kier molecular flexibility index (Phi) is 5.65. The predicted molar refractivity (Wildman–Crippen MR) is 147 cm³/mol. The van der Waals surface area contributed by atoms with Crippen molar-refractivity contribution in [1.29, 1.82) is 0 Å². The van der Waals surface area contributed by atoms with Crippen molar-refractivity contribution in [2.75, 3.05) is 0 Å². The highest BCUT2D eigenvalue weighted by atomic mass is 79.9. The minimum atomic E-state index is 0.650. The third-order valence-electron chi connectivity index (χ3n) is 5.98. The van der Waals surface area contributed by atoms with Gasteiger partial charge < -0.3 is 0 Å². The molecular weight excluding hydrogens is 494 g/mol. The lowest BCUT2D eigenvalue weighted by Crippen LogP contribution is -2.01. The molecule has 166 valence electrons. The van der Waals surface area contributed by atoms with Crippen LogP contribution in [0.3, 0.4) is 0 Å². The zero-order valence-electron chi connectivity index (χ0n) is 18.8. The first-order valence-corrected chi connectivity index (χ1v) is 12.2. The SMILES string of the molecule is Brc1cc(-c2ccccc2-c2nc(-c3ccccc3)nc(-c3ccccc3)n2)c2ccccc2c1. The summed E-state index contributed by atoms with van der Waals surface area (Å²) in [4.78, 5) is 14.7. The molecule has 0 saturated heterocycles. The van der Waals surface area contributed by atoms with Crippen LogP contribution in [0.5, 0.6) is 0 Å². The number of hydrogen-bond donors (Lipinski definition) is 0. The quantitative estimate of drug-likeness (QED) is 0.237. The first kappa shape index (κ1) is 21.4. The van der Waals surface area contributed by atoms with Crippen LogP contribution in [-0.2, 0) is 0 Å². The van der Waals surface area contributed by atoms with Crippen LogP contribution in [0.4, 0.5) is 0 Å². The van der Waals surface area contributed by atoms with Gasteiger partial charge in [0.15, 0.2) is 17.5 Å². The standard InChI is InChI=1S/C31H20BrN3/c32-24-19-23-15-7-8-16-25(23)28(20-24)26-17-9-10-18-27(26)31-34-29(21-11-3-1-4-12-21)33-30(35-31)22-13-5-2-6-14-22/h1-20H. The summed E-state index contributed by atoms with van der Waals surface area (Å²) in [6.45, 7) is 0. The molecule has 0 atom stereocenters. The molecule has 3 nitrogen and oxygen atoms in total. The fourth-order valence-electron chi connectivity index (χ4n) is 4.34. The highest BCUT2D eigenvalue weighted by molar-refractivity contribution is 9.10. The van der Waals surface area contributed by atoms with E-state index < -0.39 is 0 Å². The van der Waals surface area contributed by atoms with E-state index in [0.717, 1.165) is 32.3 Å². The molecule has 5 aromatic carbocycles. The van der Waals surface area contributed by atoms with Crippen LogP contribution in [-0.4, -0.2) is 15.0 Å². The molecule has 0 aliphatic heterocycles. The lowest BCUT2D eigenvalue weighted by atomic mass is 9.94. The summed E-state index contributed by atoms with van der Waals surface area (Å²) in [6.07, 6.45) is 0. The lowest BCUT2D eigenvalue weighted by molar-refractivity contribution is 1.07. The predicted octanol–water partition coefficient (Wildman–Crippen LogP) is 8.46. The Hall–Kier alpha value is -4.15. The zero-order chi connectivity index (χ0) is 23.6. The molecule has 1 heterocycles. The maximum atomic E-state index is 4.95. The van der Waals surface area contributed by atoms with Crippen molar-refractivity contribution in [3.63, 3.8) is 0 Å². The van der Waals surface area contributed by atoms with Crippen molar-refractivity contribution in [3.05, 3.63) is 126 Å². The summed E-state index contributed by atoms with van der Waals surface area (Å²) in [5.74, 6) is 1.96. The number of rotatable bonds is 4. The van der Waals surface area contributed by atoms with E-state index in [1.807, 2.05) is 66.7 Å². The Morgan fingerprint density at radius 3 is 1.60 bits per heavy atom. The van der Waals surface area contributed by atoms with E-state index in [0.29, 0.717) is 17.5 Å². The maximum absolute atomic E-state index is 4.95. The first-order chi connectivity index (χ1) is 17.3. The van der Waals surface area contributed by atoms with Gasteiger partial charge in [0, 0.05) is 21.2 Å². The molecule has 0 unspecified atom stereocenters. The van der Waals surface area contributed by atoms with Crippen LogP contribution >= 0.6 is 15.9 Å². The topological polar surface area (TPSA) is 38.7 Å². The minimum Gasteiger partial charge on any atom is -0.208 e. The van der Waals surface area contributed by atoms with Crippen LogP contribution < -0.4 is 0 Å². The Labute approximate surface area is 212 Å². The van der Waals surface area contributed by atoms with Gasteiger partial charge in [-0.2, -0.15) is 0 Å². The summed E-state index contributed by atoms with van der Waals surface area (Å²) in [5.41, 5.74) is 5.09.